The number of anilines is 1. The molecule has 1 atom stereocenters. The first-order valence-corrected chi connectivity index (χ1v) is 7.27. The number of alkyl halides is 3. The van der Waals surface area contributed by atoms with Crippen LogP contribution in [0.25, 0.3) is 0 Å². The lowest BCUT2D eigenvalue weighted by molar-refractivity contribution is -0.137. The lowest BCUT2D eigenvalue weighted by Gasteiger charge is -2.11. The zero-order valence-corrected chi connectivity index (χ0v) is 13.2. The average molecular weight is 367 g/mol. The Morgan fingerprint density at radius 2 is 1.80 bits per heavy atom. The fourth-order valence-corrected chi connectivity index (χ4v) is 2.27. The normalized spacial score (nSPS) is 12.1. The van der Waals surface area contributed by atoms with Crippen molar-refractivity contribution >= 4 is 29.0 Å². The molecule has 0 aliphatic heterocycles. The van der Waals surface area contributed by atoms with Crippen molar-refractivity contribution in [2.45, 2.75) is 12.1 Å². The molecule has 128 valence electrons. The van der Waals surface area contributed by atoms with Gasteiger partial charge in [-0.3, -0.25) is 9.59 Å². The third kappa shape index (κ3) is 4.58. The van der Waals surface area contributed by atoms with Gasteiger partial charge in [-0.25, -0.2) is 0 Å². The molecule has 0 spiro atoms. The van der Waals surface area contributed by atoms with Crippen LogP contribution in [0.15, 0.2) is 48.5 Å². The number of carbonyl (C=O) groups is 2. The van der Waals surface area contributed by atoms with E-state index in [1.807, 2.05) is 0 Å². The zero-order valence-electron chi connectivity index (χ0n) is 12.5. The van der Waals surface area contributed by atoms with Crippen LogP contribution < -0.4 is 5.32 Å². The first kappa shape index (κ1) is 18.5. The number of ketones is 1. The Kier molecular flexibility index (Phi) is 5.45. The molecule has 0 radical (unpaired) electrons. The number of amides is 1. The Balaban J connectivity index is 2.20. The van der Waals surface area contributed by atoms with E-state index in [-0.39, 0.29) is 16.3 Å². The van der Waals surface area contributed by atoms with Gasteiger partial charge in [0.15, 0.2) is 0 Å². The number of halogens is 4. The van der Waals surface area contributed by atoms with E-state index in [1.165, 1.54) is 30.3 Å². The fourth-order valence-electron chi connectivity index (χ4n) is 2.07. The molecule has 0 heterocycles. The molecule has 1 amide bonds. The van der Waals surface area contributed by atoms with Crippen LogP contribution in [0.3, 0.4) is 0 Å². The highest BCUT2D eigenvalue weighted by Gasteiger charge is 2.31. The number of rotatable bonds is 4. The van der Waals surface area contributed by atoms with Crippen molar-refractivity contribution in [1.82, 2.24) is 0 Å². The third-order valence-electron chi connectivity index (χ3n) is 3.24. The van der Waals surface area contributed by atoms with E-state index < -0.39 is 29.3 Å². The maximum absolute atomic E-state index is 12.7. The maximum atomic E-state index is 12.7. The van der Waals surface area contributed by atoms with Crippen molar-refractivity contribution < 1.29 is 22.8 Å². The quantitative estimate of drug-likeness (QED) is 0.825. The van der Waals surface area contributed by atoms with Crippen LogP contribution in [0.1, 0.15) is 17.0 Å². The van der Waals surface area contributed by atoms with Gasteiger partial charge in [0.1, 0.15) is 5.92 Å². The molecule has 4 nitrogen and oxygen atoms in total. The van der Waals surface area contributed by atoms with E-state index in [4.69, 9.17) is 16.9 Å². The zero-order chi connectivity index (χ0) is 18.6. The Morgan fingerprint density at radius 3 is 2.40 bits per heavy atom. The number of hydrogen-bond acceptors (Lipinski definition) is 3. The van der Waals surface area contributed by atoms with Gasteiger partial charge >= 0.3 is 6.18 Å². The van der Waals surface area contributed by atoms with Crippen molar-refractivity contribution in [2.24, 2.45) is 0 Å². The van der Waals surface area contributed by atoms with Crippen molar-refractivity contribution in [2.75, 3.05) is 5.32 Å². The molecule has 0 unspecified atom stereocenters. The molecule has 0 aliphatic rings. The number of carbonyl (C=O) groups excluding carboxylic acids is 2. The summed E-state index contributed by atoms with van der Waals surface area (Å²) in [7, 11) is 0. The molecule has 0 aliphatic carbocycles. The van der Waals surface area contributed by atoms with E-state index in [1.54, 1.807) is 6.07 Å². The maximum Gasteiger partial charge on any atom is 0.416 e. The van der Waals surface area contributed by atoms with Crippen LogP contribution in [-0.2, 0) is 15.8 Å². The molecule has 0 aromatic heterocycles. The summed E-state index contributed by atoms with van der Waals surface area (Å²) in [6, 6.07) is 11.4. The third-order valence-corrected chi connectivity index (χ3v) is 3.48. The standard InChI is InChI=1S/C17H10ClF3N2O2/c18-12-5-1-3-10(7-12)14(9-22)15(24)16(25)23-13-6-2-4-11(8-13)17(19,20)21/h1-8,14H,(H,23,25)/t14-/m1/s1. The van der Waals surface area contributed by atoms with Crippen LogP contribution in [0.4, 0.5) is 18.9 Å². The van der Waals surface area contributed by atoms with Crippen molar-refractivity contribution in [3.05, 3.63) is 64.7 Å². The Morgan fingerprint density at radius 1 is 1.12 bits per heavy atom. The summed E-state index contributed by atoms with van der Waals surface area (Å²) >= 11 is 5.79. The smallest absolute Gasteiger partial charge is 0.319 e. The summed E-state index contributed by atoms with van der Waals surface area (Å²) in [6.07, 6.45) is -4.58. The molecule has 1 N–H and O–H groups in total. The number of benzene rings is 2. The highest BCUT2D eigenvalue weighted by Crippen LogP contribution is 2.30. The van der Waals surface area contributed by atoms with E-state index in [9.17, 15) is 22.8 Å². The van der Waals surface area contributed by atoms with Crippen molar-refractivity contribution in [3.63, 3.8) is 0 Å². The Hall–Kier alpha value is -2.85. The lowest BCUT2D eigenvalue weighted by atomic mass is 9.95. The van der Waals surface area contributed by atoms with Gasteiger partial charge < -0.3 is 5.32 Å². The average Bonchev–Trinajstić information content (AvgIpc) is 2.55. The number of nitrogens with zero attached hydrogens (tertiary/aromatic N) is 1. The minimum atomic E-state index is -4.58. The summed E-state index contributed by atoms with van der Waals surface area (Å²) < 4.78 is 38.0. The highest BCUT2D eigenvalue weighted by molar-refractivity contribution is 6.43. The first-order valence-electron chi connectivity index (χ1n) is 6.90. The number of nitriles is 1. The topological polar surface area (TPSA) is 70.0 Å². The Bertz CT molecular complexity index is 859. The molecule has 8 heteroatoms. The molecule has 0 fully saturated rings. The molecular weight excluding hydrogens is 357 g/mol. The number of hydrogen-bond donors (Lipinski definition) is 1. The van der Waals surface area contributed by atoms with Crippen LogP contribution in [-0.4, -0.2) is 11.7 Å². The summed E-state index contributed by atoms with van der Waals surface area (Å²) in [5.41, 5.74) is -0.945. The van der Waals surface area contributed by atoms with Gasteiger partial charge in [0, 0.05) is 10.7 Å². The predicted octanol–water partition coefficient (Wildman–Crippen LogP) is 4.17. The largest absolute Gasteiger partial charge is 0.416 e. The molecule has 2 aromatic carbocycles. The summed E-state index contributed by atoms with van der Waals surface area (Å²) in [6.45, 7) is 0. The van der Waals surface area contributed by atoms with Crippen molar-refractivity contribution in [1.29, 1.82) is 5.26 Å². The SMILES string of the molecule is N#C[C@@H](C(=O)C(=O)Nc1cccc(C(F)(F)F)c1)c1cccc(Cl)c1. The predicted molar refractivity (Wildman–Crippen MR) is 84.9 cm³/mol. The fraction of sp³-hybridized carbons (Fsp3) is 0.118. The second-order valence-corrected chi connectivity index (χ2v) is 5.45. The van der Waals surface area contributed by atoms with Crippen LogP contribution in [0.2, 0.25) is 5.02 Å². The highest BCUT2D eigenvalue weighted by atomic mass is 35.5. The van der Waals surface area contributed by atoms with Gasteiger partial charge in [-0.2, -0.15) is 18.4 Å². The van der Waals surface area contributed by atoms with Gasteiger partial charge in [0.2, 0.25) is 5.78 Å². The molecule has 25 heavy (non-hydrogen) atoms. The van der Waals surface area contributed by atoms with E-state index in [0.29, 0.717) is 6.07 Å². The molecular formula is C17H10ClF3N2O2. The van der Waals surface area contributed by atoms with Gasteiger partial charge in [-0.1, -0.05) is 29.8 Å². The van der Waals surface area contributed by atoms with Crippen LogP contribution in [0, 0.1) is 11.3 Å². The van der Waals surface area contributed by atoms with Gasteiger partial charge in [-0.05, 0) is 35.9 Å². The molecule has 2 rings (SSSR count). The molecule has 0 saturated carbocycles. The summed E-state index contributed by atoms with van der Waals surface area (Å²) in [5.74, 6) is -3.70. The molecule has 2 aromatic rings. The van der Waals surface area contributed by atoms with E-state index in [0.717, 1.165) is 12.1 Å². The number of Topliss-reactive ketones (excluding diaryl/α,β-unsaturated/α-hetero) is 1. The van der Waals surface area contributed by atoms with Crippen LogP contribution in [0.5, 0.6) is 0 Å². The molecule has 0 saturated heterocycles. The second-order valence-electron chi connectivity index (χ2n) is 5.01. The van der Waals surface area contributed by atoms with Gasteiger partial charge in [0.05, 0.1) is 11.6 Å². The van der Waals surface area contributed by atoms with Gasteiger partial charge in [-0.15, -0.1) is 0 Å². The lowest BCUT2D eigenvalue weighted by Crippen LogP contribution is -2.28. The monoisotopic (exact) mass is 366 g/mol. The summed E-state index contributed by atoms with van der Waals surface area (Å²) in [4.78, 5) is 24.2. The molecule has 0 bridgehead atoms. The number of nitrogens with one attached hydrogen (secondary N) is 1. The minimum Gasteiger partial charge on any atom is -0.319 e. The minimum absolute atomic E-state index is 0.198. The van der Waals surface area contributed by atoms with E-state index in [2.05, 4.69) is 5.32 Å². The summed E-state index contributed by atoms with van der Waals surface area (Å²) in [5, 5.41) is 11.5. The van der Waals surface area contributed by atoms with Crippen LogP contribution >= 0.6 is 11.6 Å². The second kappa shape index (κ2) is 7.36. The Labute approximate surface area is 145 Å². The van der Waals surface area contributed by atoms with E-state index >= 15 is 0 Å². The first-order chi connectivity index (χ1) is 11.7. The van der Waals surface area contributed by atoms with Gasteiger partial charge in [0.25, 0.3) is 5.91 Å². The van der Waals surface area contributed by atoms with Crippen molar-refractivity contribution in [3.8, 4) is 6.07 Å².